The van der Waals surface area contributed by atoms with Gasteiger partial charge in [0.05, 0.1) is 18.3 Å². The van der Waals surface area contributed by atoms with Gasteiger partial charge < -0.3 is 9.64 Å². The first kappa shape index (κ1) is 19.1. The van der Waals surface area contributed by atoms with E-state index in [0.29, 0.717) is 30.2 Å². The van der Waals surface area contributed by atoms with E-state index < -0.39 is 0 Å². The average Bonchev–Trinajstić information content (AvgIpc) is 3.24. The first-order valence-electron chi connectivity index (χ1n) is 10.7. The molecule has 4 atom stereocenters. The smallest absolute Gasteiger partial charge is 0.223 e. The van der Waals surface area contributed by atoms with Crippen LogP contribution in [0.3, 0.4) is 0 Å². The van der Waals surface area contributed by atoms with Gasteiger partial charge in [-0.3, -0.25) is 9.69 Å². The van der Waals surface area contributed by atoms with Crippen molar-refractivity contribution in [3.05, 3.63) is 46.4 Å². The average molecular weight is 412 g/mol. The van der Waals surface area contributed by atoms with Crippen LogP contribution in [-0.4, -0.2) is 53.0 Å². The molecule has 3 aliphatic rings. The normalized spacial score (nSPS) is 29.6. The molecule has 0 N–H and O–H groups in total. The third-order valence-corrected chi connectivity index (χ3v) is 7.66. The molecular formula is C23H29N3O2S. The fourth-order valence-electron chi connectivity index (χ4n) is 5.85. The van der Waals surface area contributed by atoms with Crippen LogP contribution >= 0.6 is 11.3 Å². The van der Waals surface area contributed by atoms with E-state index in [-0.39, 0.29) is 6.04 Å². The summed E-state index contributed by atoms with van der Waals surface area (Å²) in [5.41, 5.74) is 4.37. The van der Waals surface area contributed by atoms with Crippen LogP contribution in [0.4, 0.5) is 0 Å². The zero-order valence-electron chi connectivity index (χ0n) is 17.0. The number of ether oxygens (including phenoxy) is 1. The zero-order chi connectivity index (χ0) is 19.8. The highest BCUT2D eigenvalue weighted by molar-refractivity contribution is 7.07. The van der Waals surface area contributed by atoms with E-state index >= 15 is 0 Å². The van der Waals surface area contributed by atoms with Crippen LogP contribution in [0.15, 0.2) is 35.2 Å². The quantitative estimate of drug-likeness (QED) is 0.754. The topological polar surface area (TPSA) is 45.7 Å². The van der Waals surface area contributed by atoms with Gasteiger partial charge in [0.2, 0.25) is 5.91 Å². The first-order valence-corrected chi connectivity index (χ1v) is 11.7. The highest BCUT2D eigenvalue weighted by atomic mass is 32.1. The summed E-state index contributed by atoms with van der Waals surface area (Å²) >= 11 is 1.67. The maximum Gasteiger partial charge on any atom is 0.223 e. The summed E-state index contributed by atoms with van der Waals surface area (Å²) in [6.07, 6.45) is 5.08. The van der Waals surface area contributed by atoms with Crippen LogP contribution in [0, 0.1) is 11.8 Å². The van der Waals surface area contributed by atoms with Crippen LogP contribution in [0.1, 0.15) is 36.9 Å². The predicted octanol–water partition coefficient (Wildman–Crippen LogP) is 3.60. The maximum absolute atomic E-state index is 13.0. The van der Waals surface area contributed by atoms with Gasteiger partial charge in [-0.25, -0.2) is 4.98 Å². The number of benzene rings is 1. The van der Waals surface area contributed by atoms with Crippen molar-refractivity contribution >= 4 is 17.2 Å². The lowest BCUT2D eigenvalue weighted by molar-refractivity contribution is -0.152. The number of piperidine rings is 3. The molecule has 0 saturated carbocycles. The molecule has 5 nitrogen and oxygen atoms in total. The lowest BCUT2D eigenvalue weighted by Crippen LogP contribution is -2.65. The number of methoxy groups -OCH3 is 1. The second kappa shape index (κ2) is 8.07. The molecule has 3 aliphatic heterocycles. The molecule has 154 valence electrons. The lowest BCUT2D eigenvalue weighted by Gasteiger charge is -2.56. The molecule has 1 aromatic heterocycles. The molecule has 1 amide bonds. The van der Waals surface area contributed by atoms with Crippen molar-refractivity contribution < 1.29 is 9.53 Å². The molecule has 0 spiro atoms. The Hall–Kier alpha value is -1.92. The highest BCUT2D eigenvalue weighted by Gasteiger charge is 2.49. The minimum absolute atomic E-state index is 0.286. The largest absolute Gasteiger partial charge is 0.497 e. The van der Waals surface area contributed by atoms with E-state index in [0.717, 1.165) is 44.6 Å². The summed E-state index contributed by atoms with van der Waals surface area (Å²) < 4.78 is 5.43. The van der Waals surface area contributed by atoms with E-state index in [1.165, 1.54) is 17.7 Å². The van der Waals surface area contributed by atoms with Gasteiger partial charge in [-0.2, -0.15) is 0 Å². The summed E-state index contributed by atoms with van der Waals surface area (Å²) in [6.45, 7) is 3.08. The number of hydrogen-bond acceptors (Lipinski definition) is 5. The fourth-order valence-corrected chi connectivity index (χ4v) is 6.40. The molecule has 0 radical (unpaired) electrons. The lowest BCUT2D eigenvalue weighted by atomic mass is 9.70. The first-order chi connectivity index (χ1) is 14.2. The summed E-state index contributed by atoms with van der Waals surface area (Å²) in [6, 6.07) is 9.05. The van der Waals surface area contributed by atoms with Gasteiger partial charge in [-0.15, -0.1) is 11.3 Å². The summed E-state index contributed by atoms with van der Waals surface area (Å²) in [4.78, 5) is 22.4. The number of thiazole rings is 1. The molecule has 1 aromatic carbocycles. The van der Waals surface area contributed by atoms with Crippen LogP contribution in [-0.2, 0) is 17.8 Å². The zero-order valence-corrected chi connectivity index (χ0v) is 17.8. The molecule has 2 bridgehead atoms. The van der Waals surface area contributed by atoms with E-state index in [4.69, 9.17) is 4.74 Å². The van der Waals surface area contributed by atoms with E-state index in [9.17, 15) is 4.79 Å². The van der Waals surface area contributed by atoms with Crippen LogP contribution < -0.4 is 4.74 Å². The molecule has 0 unspecified atom stereocenters. The molecule has 3 saturated heterocycles. The summed E-state index contributed by atoms with van der Waals surface area (Å²) in [5.74, 6) is 2.39. The Morgan fingerprint density at radius 1 is 1.28 bits per heavy atom. The van der Waals surface area contributed by atoms with Gasteiger partial charge in [-0.05, 0) is 55.2 Å². The Bertz CT molecular complexity index is 856. The maximum atomic E-state index is 13.0. The Kier molecular flexibility index (Phi) is 5.31. The number of nitrogens with zero attached hydrogens (tertiary/aromatic N) is 3. The van der Waals surface area contributed by atoms with E-state index in [1.54, 1.807) is 18.4 Å². The van der Waals surface area contributed by atoms with Gasteiger partial charge >= 0.3 is 0 Å². The Morgan fingerprint density at radius 2 is 2.17 bits per heavy atom. The molecule has 0 aliphatic carbocycles. The van der Waals surface area contributed by atoms with E-state index in [1.807, 2.05) is 11.6 Å². The van der Waals surface area contributed by atoms with Crippen LogP contribution in [0.2, 0.25) is 0 Å². The van der Waals surface area contributed by atoms with Crippen molar-refractivity contribution in [2.45, 2.75) is 50.7 Å². The van der Waals surface area contributed by atoms with Gasteiger partial charge in [0, 0.05) is 43.5 Å². The Labute approximate surface area is 176 Å². The van der Waals surface area contributed by atoms with Crippen molar-refractivity contribution in [2.75, 3.05) is 20.2 Å². The number of rotatable bonds is 5. The Balaban J connectivity index is 1.41. The van der Waals surface area contributed by atoms with E-state index in [2.05, 4.69) is 38.4 Å². The van der Waals surface area contributed by atoms with Gasteiger partial charge in [-0.1, -0.05) is 12.1 Å². The van der Waals surface area contributed by atoms with Gasteiger partial charge in [0.15, 0.2) is 0 Å². The SMILES string of the molecule is COc1cccc(C[C@H]2[C@H]3C[C@H](CN(Cc4cscn4)C3)[C@@H]3CCCC(=O)N32)c1. The number of amides is 1. The third kappa shape index (κ3) is 3.80. The molecule has 5 rings (SSSR count). The fraction of sp³-hybridized carbons (Fsp3) is 0.565. The predicted molar refractivity (Wildman–Crippen MR) is 114 cm³/mol. The number of aromatic nitrogens is 1. The molecule has 29 heavy (non-hydrogen) atoms. The number of fused-ring (bicyclic) bond motifs is 4. The Morgan fingerprint density at radius 3 is 3.00 bits per heavy atom. The molecular weight excluding hydrogens is 382 g/mol. The molecule has 6 heteroatoms. The molecule has 4 heterocycles. The summed E-state index contributed by atoms with van der Waals surface area (Å²) in [7, 11) is 1.71. The van der Waals surface area contributed by atoms with Gasteiger partial charge in [0.1, 0.15) is 5.75 Å². The van der Waals surface area contributed by atoms with Crippen molar-refractivity contribution in [1.29, 1.82) is 0 Å². The van der Waals surface area contributed by atoms with Crippen molar-refractivity contribution in [1.82, 2.24) is 14.8 Å². The molecule has 2 aromatic rings. The number of likely N-dealkylation sites (tertiary alicyclic amines) is 1. The third-order valence-electron chi connectivity index (χ3n) is 7.02. The van der Waals surface area contributed by atoms with Crippen molar-refractivity contribution in [3.8, 4) is 5.75 Å². The standard InChI is InChI=1S/C23H29N3O2S/c1-28-20-5-2-4-16(8-20)9-22-18-10-17(21-6-3-7-23(27)26(21)22)11-25(12-18)13-19-14-29-15-24-19/h2,4-5,8,14-15,17-18,21-22H,3,6-7,9-13H2,1H3/t17-,18+,21+,22+/m1/s1. The minimum Gasteiger partial charge on any atom is -0.497 e. The van der Waals surface area contributed by atoms with Crippen molar-refractivity contribution in [3.63, 3.8) is 0 Å². The minimum atomic E-state index is 0.286. The second-order valence-electron chi connectivity index (χ2n) is 8.81. The number of hydrogen-bond donors (Lipinski definition) is 0. The van der Waals surface area contributed by atoms with Crippen LogP contribution in [0.25, 0.3) is 0 Å². The molecule has 3 fully saturated rings. The van der Waals surface area contributed by atoms with Crippen LogP contribution in [0.5, 0.6) is 5.75 Å². The monoisotopic (exact) mass is 411 g/mol. The highest BCUT2D eigenvalue weighted by Crippen LogP contribution is 2.43. The van der Waals surface area contributed by atoms with Crippen molar-refractivity contribution in [2.24, 2.45) is 11.8 Å². The summed E-state index contributed by atoms with van der Waals surface area (Å²) in [5, 5.41) is 2.16. The second-order valence-corrected chi connectivity index (χ2v) is 9.53. The van der Waals surface area contributed by atoms with Gasteiger partial charge in [0.25, 0.3) is 0 Å². The number of carbonyl (C=O) groups is 1. The number of carbonyl (C=O) groups excluding carboxylic acids is 1.